The van der Waals surface area contributed by atoms with Gasteiger partial charge in [0.1, 0.15) is 11.5 Å². The number of hydrogen-bond acceptors (Lipinski definition) is 3. The Bertz CT molecular complexity index is 610. The minimum absolute atomic E-state index is 0.313. The molecule has 0 aliphatic carbocycles. The van der Waals surface area contributed by atoms with Crippen molar-refractivity contribution in [2.75, 3.05) is 0 Å². The first-order chi connectivity index (χ1) is 9.63. The fraction of sp³-hybridized carbons (Fsp3) is 0.188. The van der Waals surface area contributed by atoms with E-state index in [9.17, 15) is 9.90 Å². The Balaban J connectivity index is 2.38. The van der Waals surface area contributed by atoms with Crippen molar-refractivity contribution in [3.05, 3.63) is 59.7 Å². The van der Waals surface area contributed by atoms with Crippen molar-refractivity contribution >= 4 is 5.91 Å². The fourth-order valence-electron chi connectivity index (χ4n) is 1.95. The third kappa shape index (κ3) is 2.97. The molecule has 0 saturated heterocycles. The summed E-state index contributed by atoms with van der Waals surface area (Å²) in [4.78, 5) is 11.4. The van der Waals surface area contributed by atoms with Gasteiger partial charge in [0, 0.05) is 5.56 Å². The summed E-state index contributed by atoms with van der Waals surface area (Å²) in [6.07, 6.45) is -0.0235. The number of nitrogens with two attached hydrogens (primary N) is 1. The molecule has 0 aliphatic heterocycles. The average Bonchev–Trinajstić information content (AvgIpc) is 2.47. The molecule has 0 heterocycles. The van der Waals surface area contributed by atoms with Crippen LogP contribution < -0.4 is 10.5 Å². The Hall–Kier alpha value is -2.33. The number of carbonyl (C=O) groups is 1. The van der Waals surface area contributed by atoms with Gasteiger partial charge < -0.3 is 15.6 Å². The van der Waals surface area contributed by atoms with Gasteiger partial charge in [-0.15, -0.1) is 0 Å². The second-order valence-corrected chi connectivity index (χ2v) is 4.42. The van der Waals surface area contributed by atoms with Gasteiger partial charge in [-0.25, -0.2) is 0 Å². The van der Waals surface area contributed by atoms with Crippen LogP contribution in [0.4, 0.5) is 0 Å². The van der Waals surface area contributed by atoms with Gasteiger partial charge in [-0.2, -0.15) is 0 Å². The molecule has 4 heteroatoms. The van der Waals surface area contributed by atoms with Crippen molar-refractivity contribution in [2.45, 2.75) is 19.4 Å². The minimum Gasteiger partial charge on any atom is -0.456 e. The lowest BCUT2D eigenvalue weighted by atomic mass is 10.1. The van der Waals surface area contributed by atoms with Crippen LogP contribution in [0.2, 0.25) is 0 Å². The second-order valence-electron chi connectivity index (χ2n) is 4.42. The first kappa shape index (κ1) is 14.1. The Morgan fingerprint density at radius 3 is 2.40 bits per heavy atom. The summed E-state index contributed by atoms with van der Waals surface area (Å²) in [6, 6.07) is 14.0. The summed E-state index contributed by atoms with van der Waals surface area (Å²) < 4.78 is 5.76. The highest BCUT2D eigenvalue weighted by Crippen LogP contribution is 2.32. The van der Waals surface area contributed by atoms with Crippen LogP contribution in [-0.2, 0) is 0 Å². The zero-order valence-corrected chi connectivity index (χ0v) is 11.2. The van der Waals surface area contributed by atoms with Crippen molar-refractivity contribution in [2.24, 2.45) is 5.73 Å². The molecule has 4 nitrogen and oxygen atoms in total. The molecule has 0 saturated carbocycles. The molecule has 1 atom stereocenters. The van der Waals surface area contributed by atoms with Crippen LogP contribution in [0.1, 0.15) is 35.4 Å². The number of aliphatic hydroxyl groups is 1. The van der Waals surface area contributed by atoms with E-state index in [1.165, 1.54) is 0 Å². The highest BCUT2D eigenvalue weighted by atomic mass is 16.5. The third-order valence-electron chi connectivity index (χ3n) is 3.04. The van der Waals surface area contributed by atoms with Crippen LogP contribution in [0, 0.1) is 0 Å². The Morgan fingerprint density at radius 2 is 1.75 bits per heavy atom. The van der Waals surface area contributed by atoms with Crippen molar-refractivity contribution in [1.29, 1.82) is 0 Å². The molecule has 0 fully saturated rings. The molecule has 0 aliphatic rings. The van der Waals surface area contributed by atoms with Gasteiger partial charge in [0.2, 0.25) is 0 Å². The van der Waals surface area contributed by atoms with Gasteiger partial charge in [0.05, 0.1) is 11.7 Å². The monoisotopic (exact) mass is 271 g/mol. The Morgan fingerprint density at radius 1 is 1.15 bits per heavy atom. The minimum atomic E-state index is -0.605. The molecule has 1 amide bonds. The van der Waals surface area contributed by atoms with Crippen molar-refractivity contribution in [3.63, 3.8) is 0 Å². The lowest BCUT2D eigenvalue weighted by Gasteiger charge is -2.15. The van der Waals surface area contributed by atoms with Crippen LogP contribution in [0.15, 0.2) is 48.5 Å². The number of ether oxygens (including phenoxy) is 1. The lowest BCUT2D eigenvalue weighted by molar-refractivity contribution is 0.0998. The van der Waals surface area contributed by atoms with Crippen LogP contribution in [0.3, 0.4) is 0 Å². The van der Waals surface area contributed by atoms with Gasteiger partial charge in [-0.1, -0.05) is 37.3 Å². The number of primary amides is 1. The molecule has 2 aromatic carbocycles. The Kier molecular flexibility index (Phi) is 4.38. The van der Waals surface area contributed by atoms with Gasteiger partial charge in [0.15, 0.2) is 0 Å². The maximum Gasteiger partial charge on any atom is 0.252 e. The zero-order chi connectivity index (χ0) is 14.5. The maximum atomic E-state index is 11.4. The number of para-hydroxylation sites is 2. The standard InChI is InChI=1S/C16H17NO3/c1-2-13(18)11-7-3-5-9-14(11)20-15-10-6-4-8-12(15)16(17)19/h3-10,13,18H,2H2,1H3,(H2,17,19). The number of rotatable bonds is 5. The van der Waals surface area contributed by atoms with Crippen molar-refractivity contribution < 1.29 is 14.6 Å². The van der Waals surface area contributed by atoms with Crippen molar-refractivity contribution in [1.82, 2.24) is 0 Å². The van der Waals surface area contributed by atoms with E-state index in [2.05, 4.69) is 0 Å². The highest BCUT2D eigenvalue weighted by molar-refractivity contribution is 5.95. The topological polar surface area (TPSA) is 72.6 Å². The molecule has 1 unspecified atom stereocenters. The SMILES string of the molecule is CCC(O)c1ccccc1Oc1ccccc1C(N)=O. The molecule has 20 heavy (non-hydrogen) atoms. The summed E-state index contributed by atoms with van der Waals surface area (Å²) >= 11 is 0. The van der Waals surface area contributed by atoms with E-state index >= 15 is 0 Å². The molecule has 3 N–H and O–H groups in total. The van der Waals surface area contributed by atoms with Gasteiger partial charge in [-0.05, 0) is 24.6 Å². The third-order valence-corrected chi connectivity index (χ3v) is 3.04. The fourth-order valence-corrected chi connectivity index (χ4v) is 1.95. The molecule has 104 valence electrons. The molecule has 0 spiro atoms. The smallest absolute Gasteiger partial charge is 0.252 e. The van der Waals surface area contributed by atoms with Crippen LogP contribution in [-0.4, -0.2) is 11.0 Å². The number of hydrogen-bond donors (Lipinski definition) is 2. The van der Waals surface area contributed by atoms with Crippen LogP contribution >= 0.6 is 0 Å². The summed E-state index contributed by atoms with van der Waals surface area (Å²) in [5.74, 6) is 0.362. The van der Waals surface area contributed by atoms with E-state index in [4.69, 9.17) is 10.5 Å². The zero-order valence-electron chi connectivity index (χ0n) is 11.2. The van der Waals surface area contributed by atoms with E-state index in [1.54, 1.807) is 36.4 Å². The van der Waals surface area contributed by atoms with Gasteiger partial charge >= 0.3 is 0 Å². The number of aliphatic hydroxyl groups excluding tert-OH is 1. The summed E-state index contributed by atoms with van der Waals surface area (Å²) in [5.41, 5.74) is 6.33. The quantitative estimate of drug-likeness (QED) is 0.878. The molecule has 2 aromatic rings. The first-order valence-corrected chi connectivity index (χ1v) is 6.47. The van der Waals surface area contributed by atoms with Crippen LogP contribution in [0.25, 0.3) is 0 Å². The number of benzene rings is 2. The molecular formula is C16H17NO3. The number of amides is 1. The molecule has 0 bridgehead atoms. The van der Waals surface area contributed by atoms with E-state index < -0.39 is 12.0 Å². The predicted molar refractivity (Wildman–Crippen MR) is 76.7 cm³/mol. The van der Waals surface area contributed by atoms with Crippen molar-refractivity contribution in [3.8, 4) is 11.5 Å². The summed E-state index contributed by atoms with van der Waals surface area (Å²) in [7, 11) is 0. The predicted octanol–water partition coefficient (Wildman–Crippen LogP) is 3.02. The molecule has 2 rings (SSSR count). The molecular weight excluding hydrogens is 254 g/mol. The Labute approximate surface area is 117 Å². The summed E-state index contributed by atoms with van der Waals surface area (Å²) in [5, 5.41) is 9.99. The van der Waals surface area contributed by atoms with E-state index in [0.29, 0.717) is 29.0 Å². The van der Waals surface area contributed by atoms with Gasteiger partial charge in [-0.3, -0.25) is 4.79 Å². The second kappa shape index (κ2) is 6.21. The number of carbonyl (C=O) groups excluding carboxylic acids is 1. The van der Waals surface area contributed by atoms with E-state index in [-0.39, 0.29) is 0 Å². The largest absolute Gasteiger partial charge is 0.456 e. The van der Waals surface area contributed by atoms with Crippen LogP contribution in [0.5, 0.6) is 11.5 Å². The highest BCUT2D eigenvalue weighted by Gasteiger charge is 2.14. The first-order valence-electron chi connectivity index (χ1n) is 6.47. The normalized spacial score (nSPS) is 11.9. The van der Waals surface area contributed by atoms with E-state index in [1.807, 2.05) is 19.1 Å². The van der Waals surface area contributed by atoms with Gasteiger partial charge in [0.25, 0.3) is 5.91 Å². The molecule has 0 aromatic heterocycles. The maximum absolute atomic E-state index is 11.4. The van der Waals surface area contributed by atoms with E-state index in [0.717, 1.165) is 0 Å². The molecule has 0 radical (unpaired) electrons. The lowest BCUT2D eigenvalue weighted by Crippen LogP contribution is -2.12. The average molecular weight is 271 g/mol. The summed E-state index contributed by atoms with van der Waals surface area (Å²) in [6.45, 7) is 1.89.